The molecule has 5 heteroatoms. The number of nitrogens with zero attached hydrogens (tertiary/aromatic N) is 2. The molecule has 2 aromatic heterocycles. The Hall–Kier alpha value is -2.43. The summed E-state index contributed by atoms with van der Waals surface area (Å²) >= 11 is 0. The fourth-order valence-corrected chi connectivity index (χ4v) is 1.66. The molecule has 2 rings (SSSR count). The maximum atomic E-state index is 10.7. The maximum Gasteiger partial charge on any atom is 0.307 e. The van der Waals surface area contributed by atoms with E-state index in [1.165, 1.54) is 13.3 Å². The molecule has 1 N–H and O–H groups in total. The van der Waals surface area contributed by atoms with Crippen LogP contribution in [0.2, 0.25) is 0 Å². The highest BCUT2D eigenvalue weighted by atomic mass is 16.5. The summed E-state index contributed by atoms with van der Waals surface area (Å²) in [5, 5.41) is 8.78. The van der Waals surface area contributed by atoms with Crippen LogP contribution in [0, 0.1) is 0 Å². The first-order chi connectivity index (χ1) is 8.70. The Morgan fingerprint density at radius 2 is 2.28 bits per heavy atom. The van der Waals surface area contributed by atoms with Crippen molar-refractivity contribution >= 4 is 5.97 Å². The molecule has 0 bridgehead atoms. The topological polar surface area (TPSA) is 72.3 Å². The molecule has 0 radical (unpaired) electrons. The standard InChI is InChI=1S/C13H12N2O3/c1-18-13-11(10-3-2-4-14-8-10)5-9(7-15-13)6-12(16)17/h2-5,7-8H,6H2,1H3,(H,16,17). The van der Waals surface area contributed by atoms with Crippen LogP contribution < -0.4 is 4.74 Å². The van der Waals surface area contributed by atoms with E-state index in [9.17, 15) is 4.79 Å². The predicted molar refractivity (Wildman–Crippen MR) is 65.4 cm³/mol. The molecular weight excluding hydrogens is 232 g/mol. The quantitative estimate of drug-likeness (QED) is 0.887. The third-order valence-corrected chi connectivity index (χ3v) is 2.43. The van der Waals surface area contributed by atoms with Crippen LogP contribution in [0.5, 0.6) is 5.88 Å². The zero-order valence-electron chi connectivity index (χ0n) is 9.83. The molecule has 0 aromatic carbocycles. The van der Waals surface area contributed by atoms with Crippen molar-refractivity contribution in [2.24, 2.45) is 0 Å². The molecule has 2 aromatic rings. The number of hydrogen-bond acceptors (Lipinski definition) is 4. The van der Waals surface area contributed by atoms with Gasteiger partial charge in [0.2, 0.25) is 5.88 Å². The number of methoxy groups -OCH3 is 1. The van der Waals surface area contributed by atoms with Crippen molar-refractivity contribution < 1.29 is 14.6 Å². The molecule has 0 spiro atoms. The largest absolute Gasteiger partial charge is 0.481 e. The number of carboxylic acid groups (broad SMARTS) is 1. The van der Waals surface area contributed by atoms with Crippen molar-refractivity contribution in [3.8, 4) is 17.0 Å². The number of pyridine rings is 2. The van der Waals surface area contributed by atoms with E-state index in [1.807, 2.05) is 6.07 Å². The first-order valence-electron chi connectivity index (χ1n) is 5.36. The molecule has 0 amide bonds. The molecule has 5 nitrogen and oxygen atoms in total. The van der Waals surface area contributed by atoms with E-state index in [4.69, 9.17) is 9.84 Å². The monoisotopic (exact) mass is 244 g/mol. The Bertz CT molecular complexity index is 555. The maximum absolute atomic E-state index is 10.7. The van der Waals surface area contributed by atoms with E-state index in [0.717, 1.165) is 11.1 Å². The van der Waals surface area contributed by atoms with Crippen LogP contribution in [0.25, 0.3) is 11.1 Å². The Labute approximate surface area is 104 Å². The van der Waals surface area contributed by atoms with Gasteiger partial charge in [-0.3, -0.25) is 9.78 Å². The van der Waals surface area contributed by atoms with Gasteiger partial charge in [-0.1, -0.05) is 6.07 Å². The molecule has 0 aliphatic heterocycles. The van der Waals surface area contributed by atoms with Crippen molar-refractivity contribution in [1.29, 1.82) is 0 Å². The molecule has 0 saturated carbocycles. The third kappa shape index (κ3) is 2.63. The number of carbonyl (C=O) groups is 1. The Morgan fingerprint density at radius 1 is 1.44 bits per heavy atom. The highest BCUT2D eigenvalue weighted by molar-refractivity contribution is 5.73. The number of rotatable bonds is 4. The lowest BCUT2D eigenvalue weighted by Gasteiger charge is -2.08. The molecule has 0 unspecified atom stereocenters. The van der Waals surface area contributed by atoms with E-state index in [0.29, 0.717) is 11.4 Å². The van der Waals surface area contributed by atoms with Gasteiger partial charge in [0, 0.05) is 29.7 Å². The molecule has 2 heterocycles. The Kier molecular flexibility index (Phi) is 3.52. The van der Waals surface area contributed by atoms with Gasteiger partial charge >= 0.3 is 5.97 Å². The SMILES string of the molecule is COc1ncc(CC(=O)O)cc1-c1cccnc1. The van der Waals surface area contributed by atoms with Gasteiger partial charge in [-0.2, -0.15) is 0 Å². The summed E-state index contributed by atoms with van der Waals surface area (Å²) in [6.07, 6.45) is 4.80. The van der Waals surface area contributed by atoms with E-state index >= 15 is 0 Å². The van der Waals surface area contributed by atoms with Gasteiger partial charge in [-0.05, 0) is 17.7 Å². The molecule has 0 aliphatic rings. The molecule has 92 valence electrons. The second-order valence-corrected chi connectivity index (χ2v) is 3.71. The zero-order chi connectivity index (χ0) is 13.0. The molecule has 0 atom stereocenters. The number of aliphatic carboxylic acids is 1. The van der Waals surface area contributed by atoms with Gasteiger partial charge in [0.05, 0.1) is 13.5 Å². The minimum absolute atomic E-state index is 0.0652. The summed E-state index contributed by atoms with van der Waals surface area (Å²) in [6.45, 7) is 0. The van der Waals surface area contributed by atoms with E-state index in [2.05, 4.69) is 9.97 Å². The third-order valence-electron chi connectivity index (χ3n) is 2.43. The highest BCUT2D eigenvalue weighted by Gasteiger charge is 2.10. The van der Waals surface area contributed by atoms with Gasteiger partial charge in [0.15, 0.2) is 0 Å². The summed E-state index contributed by atoms with van der Waals surface area (Å²) < 4.78 is 5.17. The molecule has 0 fully saturated rings. The first kappa shape index (κ1) is 12.0. The number of ether oxygens (including phenoxy) is 1. The van der Waals surface area contributed by atoms with Crippen molar-refractivity contribution in [2.75, 3.05) is 7.11 Å². The second-order valence-electron chi connectivity index (χ2n) is 3.71. The minimum Gasteiger partial charge on any atom is -0.481 e. The van der Waals surface area contributed by atoms with E-state index < -0.39 is 5.97 Å². The van der Waals surface area contributed by atoms with Crippen LogP contribution in [0.15, 0.2) is 36.8 Å². The average molecular weight is 244 g/mol. The van der Waals surface area contributed by atoms with Crippen molar-refractivity contribution in [2.45, 2.75) is 6.42 Å². The number of carboxylic acids is 1. The van der Waals surface area contributed by atoms with Crippen LogP contribution in [0.1, 0.15) is 5.56 Å². The lowest BCUT2D eigenvalue weighted by molar-refractivity contribution is -0.136. The van der Waals surface area contributed by atoms with Crippen LogP contribution in [0.4, 0.5) is 0 Å². The molecule has 0 saturated heterocycles. The lowest BCUT2D eigenvalue weighted by Crippen LogP contribution is -2.02. The van der Waals surface area contributed by atoms with Gasteiger partial charge in [-0.25, -0.2) is 4.98 Å². The van der Waals surface area contributed by atoms with Crippen LogP contribution >= 0.6 is 0 Å². The summed E-state index contributed by atoms with van der Waals surface area (Å²) in [6, 6.07) is 5.44. The molecule has 18 heavy (non-hydrogen) atoms. The van der Waals surface area contributed by atoms with Crippen LogP contribution in [0.3, 0.4) is 0 Å². The number of hydrogen-bond donors (Lipinski definition) is 1. The average Bonchev–Trinajstić information content (AvgIpc) is 2.39. The van der Waals surface area contributed by atoms with Crippen molar-refractivity contribution in [1.82, 2.24) is 9.97 Å². The van der Waals surface area contributed by atoms with Gasteiger partial charge in [0.25, 0.3) is 0 Å². The smallest absolute Gasteiger partial charge is 0.307 e. The minimum atomic E-state index is -0.890. The predicted octanol–water partition coefficient (Wildman–Crippen LogP) is 1.78. The fraction of sp³-hybridized carbons (Fsp3) is 0.154. The summed E-state index contributed by atoms with van der Waals surface area (Å²) in [7, 11) is 1.53. The second kappa shape index (κ2) is 5.27. The summed E-state index contributed by atoms with van der Waals surface area (Å²) in [5.74, 6) is -0.434. The lowest BCUT2D eigenvalue weighted by atomic mass is 10.1. The summed E-state index contributed by atoms with van der Waals surface area (Å²) in [5.41, 5.74) is 2.21. The Balaban J connectivity index is 2.46. The van der Waals surface area contributed by atoms with Crippen LogP contribution in [-0.2, 0) is 11.2 Å². The molecule has 0 aliphatic carbocycles. The summed E-state index contributed by atoms with van der Waals surface area (Å²) in [4.78, 5) is 18.8. The van der Waals surface area contributed by atoms with Crippen LogP contribution in [-0.4, -0.2) is 28.2 Å². The van der Waals surface area contributed by atoms with Gasteiger partial charge in [-0.15, -0.1) is 0 Å². The van der Waals surface area contributed by atoms with Gasteiger partial charge < -0.3 is 9.84 Å². The number of aromatic nitrogens is 2. The zero-order valence-corrected chi connectivity index (χ0v) is 9.83. The highest BCUT2D eigenvalue weighted by Crippen LogP contribution is 2.28. The van der Waals surface area contributed by atoms with Crippen molar-refractivity contribution in [3.63, 3.8) is 0 Å². The van der Waals surface area contributed by atoms with E-state index in [1.54, 1.807) is 24.5 Å². The van der Waals surface area contributed by atoms with E-state index in [-0.39, 0.29) is 6.42 Å². The molecular formula is C13H12N2O3. The first-order valence-corrected chi connectivity index (χ1v) is 5.36. The van der Waals surface area contributed by atoms with Gasteiger partial charge in [0.1, 0.15) is 0 Å². The normalized spacial score (nSPS) is 10.1. The fourth-order valence-electron chi connectivity index (χ4n) is 1.66. The van der Waals surface area contributed by atoms with Crippen molar-refractivity contribution in [3.05, 3.63) is 42.4 Å². The Morgan fingerprint density at radius 3 is 2.89 bits per heavy atom.